The third kappa shape index (κ3) is 3.29. The van der Waals surface area contributed by atoms with Crippen LogP contribution in [0.3, 0.4) is 0 Å². The lowest BCUT2D eigenvalue weighted by molar-refractivity contribution is 0.369. The van der Waals surface area contributed by atoms with E-state index in [-0.39, 0.29) is 5.54 Å². The van der Waals surface area contributed by atoms with Crippen molar-refractivity contribution < 1.29 is 4.74 Å². The first-order valence-corrected chi connectivity index (χ1v) is 6.93. The number of rotatable bonds is 6. The Labute approximate surface area is 115 Å². The zero-order valence-corrected chi connectivity index (χ0v) is 12.4. The maximum absolute atomic E-state index is 5.25. The van der Waals surface area contributed by atoms with Crippen LogP contribution in [-0.2, 0) is 6.54 Å². The molecule has 0 saturated heterocycles. The highest BCUT2D eigenvalue weighted by Crippen LogP contribution is 2.21. The standard InChI is InChI=1S/C16H24N2O/c1-5-16(2,3)17-9-11-18-10-8-13-12-14(19-4)6-7-15(13)18/h6-8,10,12,17H,5,9,11H2,1-4H3. The zero-order chi connectivity index (χ0) is 13.9. The molecule has 1 N–H and O–H groups in total. The van der Waals surface area contributed by atoms with Crippen LogP contribution in [0.25, 0.3) is 10.9 Å². The van der Waals surface area contributed by atoms with E-state index < -0.39 is 0 Å². The molecular weight excluding hydrogens is 236 g/mol. The molecule has 0 amide bonds. The summed E-state index contributed by atoms with van der Waals surface area (Å²) in [5.41, 5.74) is 1.48. The van der Waals surface area contributed by atoms with Gasteiger partial charge in [0.2, 0.25) is 0 Å². The molecule has 0 unspecified atom stereocenters. The Morgan fingerprint density at radius 3 is 2.74 bits per heavy atom. The third-order valence-corrected chi connectivity index (χ3v) is 3.82. The molecular formula is C16H24N2O. The Morgan fingerprint density at radius 2 is 2.05 bits per heavy atom. The number of nitrogens with one attached hydrogen (secondary N) is 1. The normalized spacial score (nSPS) is 12.0. The highest BCUT2D eigenvalue weighted by atomic mass is 16.5. The Kier molecular flexibility index (Phi) is 4.15. The van der Waals surface area contributed by atoms with Crippen molar-refractivity contribution in [2.24, 2.45) is 0 Å². The molecule has 3 nitrogen and oxygen atoms in total. The van der Waals surface area contributed by atoms with Crippen molar-refractivity contribution in [2.45, 2.75) is 39.3 Å². The van der Waals surface area contributed by atoms with Crippen LogP contribution in [0, 0.1) is 0 Å². The summed E-state index contributed by atoms with van der Waals surface area (Å²) in [4.78, 5) is 0. The molecule has 0 spiro atoms. The average Bonchev–Trinajstić information content (AvgIpc) is 2.81. The molecule has 1 heterocycles. The summed E-state index contributed by atoms with van der Waals surface area (Å²) >= 11 is 0. The van der Waals surface area contributed by atoms with Crippen molar-refractivity contribution in [3.8, 4) is 5.75 Å². The van der Waals surface area contributed by atoms with Crippen LogP contribution < -0.4 is 10.1 Å². The Bertz CT molecular complexity index is 543. The number of ether oxygens (including phenoxy) is 1. The minimum Gasteiger partial charge on any atom is -0.497 e. The molecule has 3 heteroatoms. The number of methoxy groups -OCH3 is 1. The minimum absolute atomic E-state index is 0.214. The minimum atomic E-state index is 0.214. The molecule has 0 radical (unpaired) electrons. The number of hydrogen-bond donors (Lipinski definition) is 1. The molecule has 0 aliphatic rings. The predicted octanol–water partition coefficient (Wildman–Crippen LogP) is 3.43. The van der Waals surface area contributed by atoms with Crippen LogP contribution in [0.4, 0.5) is 0 Å². The quantitative estimate of drug-likeness (QED) is 0.861. The SMILES string of the molecule is CCC(C)(C)NCCn1ccc2cc(OC)ccc21. The van der Waals surface area contributed by atoms with Crippen molar-refractivity contribution >= 4 is 10.9 Å². The maximum Gasteiger partial charge on any atom is 0.119 e. The molecule has 1 aromatic carbocycles. The van der Waals surface area contributed by atoms with E-state index >= 15 is 0 Å². The van der Waals surface area contributed by atoms with E-state index in [1.165, 1.54) is 10.9 Å². The van der Waals surface area contributed by atoms with Crippen molar-refractivity contribution in [2.75, 3.05) is 13.7 Å². The summed E-state index contributed by atoms with van der Waals surface area (Å²) in [5, 5.41) is 4.82. The summed E-state index contributed by atoms with van der Waals surface area (Å²) < 4.78 is 7.54. The molecule has 1 aromatic heterocycles. The smallest absolute Gasteiger partial charge is 0.119 e. The van der Waals surface area contributed by atoms with E-state index in [9.17, 15) is 0 Å². The van der Waals surface area contributed by atoms with Crippen molar-refractivity contribution in [1.29, 1.82) is 0 Å². The van der Waals surface area contributed by atoms with Gasteiger partial charge >= 0.3 is 0 Å². The van der Waals surface area contributed by atoms with Gasteiger partial charge in [-0.25, -0.2) is 0 Å². The summed E-state index contributed by atoms with van der Waals surface area (Å²) in [6.45, 7) is 8.66. The van der Waals surface area contributed by atoms with Gasteiger partial charge in [-0.05, 0) is 44.5 Å². The number of benzene rings is 1. The van der Waals surface area contributed by atoms with Gasteiger partial charge in [0.1, 0.15) is 5.75 Å². The second-order valence-electron chi connectivity index (χ2n) is 5.60. The van der Waals surface area contributed by atoms with Crippen LogP contribution >= 0.6 is 0 Å². The monoisotopic (exact) mass is 260 g/mol. The zero-order valence-electron chi connectivity index (χ0n) is 12.4. The molecule has 2 rings (SSSR count). The van der Waals surface area contributed by atoms with E-state index in [1.807, 2.05) is 6.07 Å². The van der Waals surface area contributed by atoms with Gasteiger partial charge in [0.25, 0.3) is 0 Å². The van der Waals surface area contributed by atoms with Gasteiger partial charge in [-0.2, -0.15) is 0 Å². The van der Waals surface area contributed by atoms with Gasteiger partial charge in [-0.3, -0.25) is 0 Å². The lowest BCUT2D eigenvalue weighted by atomic mass is 10.0. The fourth-order valence-corrected chi connectivity index (χ4v) is 2.14. The summed E-state index contributed by atoms with van der Waals surface area (Å²) in [7, 11) is 1.70. The van der Waals surface area contributed by atoms with E-state index in [0.29, 0.717) is 0 Å². The lowest BCUT2D eigenvalue weighted by Gasteiger charge is -2.24. The van der Waals surface area contributed by atoms with E-state index in [4.69, 9.17) is 4.74 Å². The third-order valence-electron chi connectivity index (χ3n) is 3.82. The van der Waals surface area contributed by atoms with Crippen LogP contribution in [0.5, 0.6) is 5.75 Å². The van der Waals surface area contributed by atoms with Gasteiger partial charge in [-0.1, -0.05) is 6.92 Å². The topological polar surface area (TPSA) is 26.2 Å². The predicted molar refractivity (Wildman–Crippen MR) is 80.9 cm³/mol. The molecule has 0 atom stereocenters. The van der Waals surface area contributed by atoms with Crippen LogP contribution in [-0.4, -0.2) is 23.8 Å². The summed E-state index contributed by atoms with van der Waals surface area (Å²) in [6.07, 6.45) is 3.28. The number of nitrogens with zero attached hydrogens (tertiary/aromatic N) is 1. The number of hydrogen-bond acceptors (Lipinski definition) is 2. The maximum atomic E-state index is 5.25. The van der Waals surface area contributed by atoms with E-state index in [2.05, 4.69) is 55.1 Å². The molecule has 0 fully saturated rings. The lowest BCUT2D eigenvalue weighted by Crippen LogP contribution is -2.40. The Morgan fingerprint density at radius 1 is 1.26 bits per heavy atom. The fourth-order valence-electron chi connectivity index (χ4n) is 2.14. The van der Waals surface area contributed by atoms with Crippen LogP contribution in [0.2, 0.25) is 0 Å². The van der Waals surface area contributed by atoms with Crippen molar-refractivity contribution in [3.63, 3.8) is 0 Å². The van der Waals surface area contributed by atoms with Gasteiger partial charge in [0, 0.05) is 35.7 Å². The molecule has 104 valence electrons. The van der Waals surface area contributed by atoms with E-state index in [1.54, 1.807) is 7.11 Å². The Balaban J connectivity index is 2.05. The van der Waals surface area contributed by atoms with Gasteiger partial charge < -0.3 is 14.6 Å². The summed E-state index contributed by atoms with van der Waals surface area (Å²) in [6, 6.07) is 8.36. The second-order valence-corrected chi connectivity index (χ2v) is 5.60. The highest BCUT2D eigenvalue weighted by molar-refractivity contribution is 5.81. The van der Waals surface area contributed by atoms with Crippen LogP contribution in [0.15, 0.2) is 30.5 Å². The Hall–Kier alpha value is -1.48. The van der Waals surface area contributed by atoms with E-state index in [0.717, 1.165) is 25.3 Å². The van der Waals surface area contributed by atoms with Crippen molar-refractivity contribution in [3.05, 3.63) is 30.5 Å². The second kappa shape index (κ2) is 5.66. The average molecular weight is 260 g/mol. The highest BCUT2D eigenvalue weighted by Gasteiger charge is 2.13. The first-order valence-electron chi connectivity index (χ1n) is 6.93. The molecule has 0 aliphatic heterocycles. The first kappa shape index (κ1) is 13.9. The van der Waals surface area contributed by atoms with Gasteiger partial charge in [-0.15, -0.1) is 0 Å². The fraction of sp³-hybridized carbons (Fsp3) is 0.500. The molecule has 0 bridgehead atoms. The molecule has 19 heavy (non-hydrogen) atoms. The number of fused-ring (bicyclic) bond motifs is 1. The molecule has 0 aliphatic carbocycles. The summed E-state index contributed by atoms with van der Waals surface area (Å²) in [5.74, 6) is 0.912. The van der Waals surface area contributed by atoms with Gasteiger partial charge in [0.05, 0.1) is 7.11 Å². The molecule has 0 saturated carbocycles. The largest absolute Gasteiger partial charge is 0.497 e. The van der Waals surface area contributed by atoms with Crippen molar-refractivity contribution in [1.82, 2.24) is 9.88 Å². The van der Waals surface area contributed by atoms with Crippen LogP contribution in [0.1, 0.15) is 27.2 Å². The molecule has 2 aromatic rings. The van der Waals surface area contributed by atoms with Gasteiger partial charge in [0.15, 0.2) is 0 Å². The first-order chi connectivity index (χ1) is 9.05. The number of aromatic nitrogens is 1.